The van der Waals surface area contributed by atoms with Crippen molar-refractivity contribution in [2.75, 3.05) is 0 Å². The highest BCUT2D eigenvalue weighted by Gasteiger charge is 2.26. The summed E-state index contributed by atoms with van der Waals surface area (Å²) >= 11 is 0. The first kappa shape index (κ1) is 9.05. The van der Waals surface area contributed by atoms with Gasteiger partial charge in [0.05, 0.1) is 0 Å². The SMILES string of the molecule is Cc1nc2ncc([B-](F)(F)F)cc2o1. The van der Waals surface area contributed by atoms with E-state index in [2.05, 4.69) is 9.97 Å². The summed E-state index contributed by atoms with van der Waals surface area (Å²) in [5, 5.41) is 0. The van der Waals surface area contributed by atoms with Gasteiger partial charge >= 0.3 is 6.98 Å². The molecule has 0 fully saturated rings. The van der Waals surface area contributed by atoms with E-state index in [1.54, 1.807) is 6.92 Å². The van der Waals surface area contributed by atoms with Crippen LogP contribution in [0.15, 0.2) is 16.7 Å². The minimum absolute atomic E-state index is 0.0687. The maximum absolute atomic E-state index is 12.3. The Balaban J connectivity index is 2.62. The van der Waals surface area contributed by atoms with E-state index in [-0.39, 0.29) is 11.2 Å². The second kappa shape index (κ2) is 2.73. The van der Waals surface area contributed by atoms with E-state index in [1.165, 1.54) is 0 Å². The van der Waals surface area contributed by atoms with E-state index in [9.17, 15) is 12.9 Å². The van der Waals surface area contributed by atoms with Gasteiger partial charge in [0.25, 0.3) is 0 Å². The summed E-state index contributed by atoms with van der Waals surface area (Å²) in [4.78, 5) is 7.36. The second-order valence-electron chi connectivity index (χ2n) is 2.90. The maximum Gasteiger partial charge on any atom is 0.511 e. The zero-order chi connectivity index (χ0) is 10.3. The van der Waals surface area contributed by atoms with Crippen LogP contribution in [0, 0.1) is 6.92 Å². The molecule has 0 unspecified atom stereocenters. The van der Waals surface area contributed by atoms with Crippen LogP contribution in [0.3, 0.4) is 0 Å². The fourth-order valence-corrected chi connectivity index (χ4v) is 1.12. The van der Waals surface area contributed by atoms with Gasteiger partial charge in [-0.1, -0.05) is 5.46 Å². The van der Waals surface area contributed by atoms with E-state index in [0.717, 1.165) is 12.3 Å². The van der Waals surface area contributed by atoms with Gasteiger partial charge in [0.15, 0.2) is 17.1 Å². The number of rotatable bonds is 1. The highest BCUT2D eigenvalue weighted by molar-refractivity contribution is 6.73. The molecule has 0 aliphatic rings. The second-order valence-corrected chi connectivity index (χ2v) is 2.90. The van der Waals surface area contributed by atoms with Crippen LogP contribution in [0.4, 0.5) is 12.9 Å². The molecule has 2 heterocycles. The third-order valence-corrected chi connectivity index (χ3v) is 1.75. The lowest BCUT2D eigenvalue weighted by molar-refractivity contribution is 0.500. The van der Waals surface area contributed by atoms with E-state index < -0.39 is 12.4 Å². The molecule has 0 aliphatic heterocycles. The third kappa shape index (κ3) is 1.45. The van der Waals surface area contributed by atoms with Crippen LogP contribution in [0.25, 0.3) is 11.2 Å². The Hall–Kier alpha value is -1.53. The summed E-state index contributed by atoms with van der Waals surface area (Å²) in [6, 6.07) is 0.919. The molecule has 0 atom stereocenters. The van der Waals surface area contributed by atoms with E-state index >= 15 is 0 Å². The summed E-state index contributed by atoms with van der Waals surface area (Å²) in [5.41, 5.74) is -0.501. The first-order valence-corrected chi connectivity index (χ1v) is 3.90. The Bertz CT molecular complexity index is 479. The Morgan fingerprint density at radius 2 is 2.07 bits per heavy atom. The van der Waals surface area contributed by atoms with Gasteiger partial charge in [-0.25, -0.2) is 4.98 Å². The van der Waals surface area contributed by atoms with Crippen molar-refractivity contribution in [2.45, 2.75) is 6.92 Å². The molecule has 2 rings (SSSR count). The van der Waals surface area contributed by atoms with Crippen molar-refractivity contribution in [3.8, 4) is 0 Å². The van der Waals surface area contributed by atoms with Crippen LogP contribution in [0.5, 0.6) is 0 Å². The first-order chi connectivity index (χ1) is 6.47. The largest absolute Gasteiger partial charge is 0.511 e. The van der Waals surface area contributed by atoms with Crippen LogP contribution >= 0.6 is 0 Å². The summed E-state index contributed by atoms with van der Waals surface area (Å²) in [7, 11) is 0. The lowest BCUT2D eigenvalue weighted by Gasteiger charge is -2.12. The number of halogens is 3. The summed E-state index contributed by atoms with van der Waals surface area (Å²) in [6.45, 7) is -3.47. The van der Waals surface area contributed by atoms with Gasteiger partial charge in [0.1, 0.15) is 0 Å². The molecule has 2 aromatic heterocycles. The number of aryl methyl sites for hydroxylation is 1. The van der Waals surface area contributed by atoms with Gasteiger partial charge in [0.2, 0.25) is 0 Å². The molecule has 0 N–H and O–H groups in total. The zero-order valence-corrected chi connectivity index (χ0v) is 7.17. The number of fused-ring (bicyclic) bond motifs is 1. The van der Waals surface area contributed by atoms with Gasteiger partial charge in [-0.05, 0) is 6.07 Å². The zero-order valence-electron chi connectivity index (χ0n) is 7.17. The molecule has 0 bridgehead atoms. The minimum atomic E-state index is -5.03. The molecular formula is C7H5BF3N2O-. The monoisotopic (exact) mass is 201 g/mol. The van der Waals surface area contributed by atoms with Crippen LogP contribution in [-0.4, -0.2) is 16.9 Å². The van der Waals surface area contributed by atoms with Crippen molar-refractivity contribution in [3.05, 3.63) is 18.2 Å². The number of aromatic nitrogens is 2. The van der Waals surface area contributed by atoms with E-state index in [0.29, 0.717) is 5.89 Å². The maximum atomic E-state index is 12.3. The van der Waals surface area contributed by atoms with Crippen molar-refractivity contribution in [3.63, 3.8) is 0 Å². The number of hydrogen-bond donors (Lipinski definition) is 0. The minimum Gasteiger partial charge on any atom is -0.445 e. The van der Waals surface area contributed by atoms with Gasteiger partial charge in [-0.2, -0.15) is 4.98 Å². The molecule has 0 saturated heterocycles. The average Bonchev–Trinajstić information content (AvgIpc) is 2.41. The predicted molar refractivity (Wildman–Crippen MR) is 45.3 cm³/mol. The molecule has 0 spiro atoms. The number of nitrogens with zero attached hydrogens (tertiary/aromatic N) is 2. The van der Waals surface area contributed by atoms with Gasteiger partial charge in [-0.15, -0.1) is 0 Å². The molecular weight excluding hydrogens is 196 g/mol. The summed E-state index contributed by atoms with van der Waals surface area (Å²) < 4.78 is 41.8. The fraction of sp³-hybridized carbons (Fsp3) is 0.143. The number of pyridine rings is 1. The summed E-state index contributed by atoms with van der Waals surface area (Å²) in [6.07, 6.45) is 0.768. The van der Waals surface area contributed by atoms with Gasteiger partial charge in [0, 0.05) is 13.1 Å². The fourth-order valence-electron chi connectivity index (χ4n) is 1.12. The van der Waals surface area contributed by atoms with Gasteiger partial charge in [-0.3, -0.25) is 0 Å². The number of hydrogen-bond acceptors (Lipinski definition) is 3. The quantitative estimate of drug-likeness (QED) is 0.657. The molecule has 0 amide bonds. The standard InChI is InChI=1S/C7H5BF3N2O/c1-4-13-7-6(14-4)2-5(3-12-7)8(9,10)11/h2-3H,1H3/q-1. The van der Waals surface area contributed by atoms with E-state index in [1.807, 2.05) is 0 Å². The van der Waals surface area contributed by atoms with Crippen LogP contribution in [0.2, 0.25) is 0 Å². The van der Waals surface area contributed by atoms with Crippen LogP contribution in [0.1, 0.15) is 5.89 Å². The lowest BCUT2D eigenvalue weighted by Crippen LogP contribution is -2.34. The molecule has 2 aromatic rings. The molecule has 0 aromatic carbocycles. The first-order valence-electron chi connectivity index (χ1n) is 3.90. The van der Waals surface area contributed by atoms with Crippen molar-refractivity contribution in [1.29, 1.82) is 0 Å². The van der Waals surface area contributed by atoms with Crippen LogP contribution in [-0.2, 0) is 0 Å². The molecule has 74 valence electrons. The Kier molecular flexibility index (Phi) is 1.76. The van der Waals surface area contributed by atoms with Gasteiger partial charge < -0.3 is 17.4 Å². The Morgan fingerprint density at radius 3 is 2.71 bits per heavy atom. The van der Waals surface area contributed by atoms with E-state index in [4.69, 9.17) is 4.42 Å². The highest BCUT2D eigenvalue weighted by Crippen LogP contribution is 2.14. The molecule has 3 nitrogen and oxygen atoms in total. The lowest BCUT2D eigenvalue weighted by atomic mass is 9.81. The molecule has 0 saturated carbocycles. The molecule has 0 radical (unpaired) electrons. The average molecular weight is 201 g/mol. The third-order valence-electron chi connectivity index (χ3n) is 1.75. The van der Waals surface area contributed by atoms with Crippen molar-refractivity contribution < 1.29 is 17.4 Å². The molecule has 0 aliphatic carbocycles. The van der Waals surface area contributed by atoms with Crippen molar-refractivity contribution in [2.24, 2.45) is 0 Å². The Morgan fingerprint density at radius 1 is 1.36 bits per heavy atom. The number of oxazole rings is 1. The molecule has 14 heavy (non-hydrogen) atoms. The van der Waals surface area contributed by atoms with Crippen molar-refractivity contribution in [1.82, 2.24) is 9.97 Å². The topological polar surface area (TPSA) is 38.9 Å². The summed E-state index contributed by atoms with van der Waals surface area (Å²) in [5.74, 6) is 0.305. The smallest absolute Gasteiger partial charge is 0.445 e. The predicted octanol–water partition coefficient (Wildman–Crippen LogP) is 1.59. The van der Waals surface area contributed by atoms with Crippen LogP contribution < -0.4 is 5.46 Å². The molecule has 7 heteroatoms. The highest BCUT2D eigenvalue weighted by atomic mass is 19.4. The normalized spacial score (nSPS) is 12.3. The Labute approximate surface area is 77.0 Å². The van der Waals surface area contributed by atoms with Crippen molar-refractivity contribution >= 4 is 23.7 Å².